The first-order valence-electron chi connectivity index (χ1n) is 5.61. The first-order valence-corrected chi connectivity index (χ1v) is 5.61. The Bertz CT molecular complexity index is 492. The molecule has 3 nitrogen and oxygen atoms in total. The standard InChI is InChI=1S/C14H18O3/c1-5-6-10(2)7-11(3)13-8-12(15)9-14(16-4)17-13/h6-9H,5H2,1-4H3. The largest absolute Gasteiger partial charge is 0.468 e. The summed E-state index contributed by atoms with van der Waals surface area (Å²) in [6.07, 6.45) is 5.08. The van der Waals surface area contributed by atoms with E-state index >= 15 is 0 Å². The first-order chi connectivity index (χ1) is 8.06. The highest BCUT2D eigenvalue weighted by atomic mass is 16.6. The molecule has 1 heterocycles. The number of hydrogen-bond acceptors (Lipinski definition) is 3. The lowest BCUT2D eigenvalue weighted by molar-refractivity contribution is 0.293. The van der Waals surface area contributed by atoms with Crippen LogP contribution in [0.15, 0.2) is 39.1 Å². The fraction of sp³-hybridized carbons (Fsp3) is 0.357. The average molecular weight is 234 g/mol. The van der Waals surface area contributed by atoms with Crippen molar-refractivity contribution in [2.24, 2.45) is 0 Å². The van der Waals surface area contributed by atoms with Crippen molar-refractivity contribution in [1.82, 2.24) is 0 Å². The molecule has 92 valence electrons. The molecule has 0 atom stereocenters. The molecule has 0 N–H and O–H groups in total. The maximum absolute atomic E-state index is 11.4. The van der Waals surface area contributed by atoms with Crippen LogP contribution < -0.4 is 10.2 Å². The van der Waals surface area contributed by atoms with Crippen molar-refractivity contribution in [3.05, 3.63) is 45.8 Å². The zero-order valence-electron chi connectivity index (χ0n) is 10.7. The van der Waals surface area contributed by atoms with E-state index in [1.54, 1.807) is 0 Å². The average Bonchev–Trinajstić information content (AvgIpc) is 2.28. The van der Waals surface area contributed by atoms with Crippen LogP contribution in [0.5, 0.6) is 5.95 Å². The van der Waals surface area contributed by atoms with Crippen molar-refractivity contribution in [2.75, 3.05) is 7.11 Å². The normalized spacial score (nSPS) is 12.7. The smallest absolute Gasteiger partial charge is 0.288 e. The molecule has 1 aromatic heterocycles. The second kappa shape index (κ2) is 6.09. The van der Waals surface area contributed by atoms with Gasteiger partial charge in [0.2, 0.25) is 0 Å². The molecule has 1 rings (SSSR count). The SMILES string of the molecule is CCC=C(C)C=C(C)c1cc(=O)cc(OC)o1. The molecule has 0 bridgehead atoms. The van der Waals surface area contributed by atoms with E-state index in [2.05, 4.69) is 13.0 Å². The molecule has 1 aromatic rings. The Morgan fingerprint density at radius 3 is 2.71 bits per heavy atom. The third-order valence-corrected chi connectivity index (χ3v) is 2.30. The lowest BCUT2D eigenvalue weighted by atomic mass is 10.1. The minimum absolute atomic E-state index is 0.118. The van der Waals surface area contributed by atoms with Crippen molar-refractivity contribution < 1.29 is 9.15 Å². The summed E-state index contributed by atoms with van der Waals surface area (Å²) in [7, 11) is 1.48. The molecule has 0 spiro atoms. The minimum atomic E-state index is -0.118. The van der Waals surface area contributed by atoms with Crippen LogP contribution in [0.2, 0.25) is 0 Å². The molecule has 0 unspecified atom stereocenters. The molecule has 0 saturated carbocycles. The van der Waals surface area contributed by atoms with Crippen LogP contribution in [0.1, 0.15) is 33.0 Å². The van der Waals surface area contributed by atoms with Crippen molar-refractivity contribution in [1.29, 1.82) is 0 Å². The molecule has 0 aromatic carbocycles. The molecule has 17 heavy (non-hydrogen) atoms. The number of allylic oxidation sites excluding steroid dienone is 4. The van der Waals surface area contributed by atoms with Gasteiger partial charge >= 0.3 is 0 Å². The highest BCUT2D eigenvalue weighted by molar-refractivity contribution is 5.62. The zero-order valence-corrected chi connectivity index (χ0v) is 10.7. The van der Waals surface area contributed by atoms with E-state index in [1.807, 2.05) is 19.9 Å². The highest BCUT2D eigenvalue weighted by Gasteiger charge is 2.04. The van der Waals surface area contributed by atoms with Crippen molar-refractivity contribution in [2.45, 2.75) is 27.2 Å². The lowest BCUT2D eigenvalue weighted by Crippen LogP contribution is -2.00. The fourth-order valence-electron chi connectivity index (χ4n) is 1.54. The van der Waals surface area contributed by atoms with E-state index < -0.39 is 0 Å². The number of ether oxygens (including phenoxy) is 1. The summed E-state index contributed by atoms with van der Waals surface area (Å²) in [5, 5.41) is 0. The van der Waals surface area contributed by atoms with Crippen LogP contribution in [0.3, 0.4) is 0 Å². The Balaban J connectivity index is 3.12. The summed E-state index contributed by atoms with van der Waals surface area (Å²) >= 11 is 0. The Labute approximate surface area is 101 Å². The Morgan fingerprint density at radius 2 is 2.12 bits per heavy atom. The molecule has 0 aliphatic rings. The van der Waals surface area contributed by atoms with E-state index in [0.29, 0.717) is 5.76 Å². The van der Waals surface area contributed by atoms with Gasteiger partial charge in [0.1, 0.15) is 5.76 Å². The van der Waals surface area contributed by atoms with Crippen LogP contribution in [-0.2, 0) is 0 Å². The molecule has 3 heteroatoms. The summed E-state index contributed by atoms with van der Waals surface area (Å²) in [5.41, 5.74) is 1.94. The number of rotatable bonds is 4. The van der Waals surface area contributed by atoms with Crippen LogP contribution >= 0.6 is 0 Å². The third kappa shape index (κ3) is 3.94. The van der Waals surface area contributed by atoms with E-state index in [-0.39, 0.29) is 11.4 Å². The summed E-state index contributed by atoms with van der Waals surface area (Å²) in [6, 6.07) is 2.79. The monoisotopic (exact) mass is 234 g/mol. The summed E-state index contributed by atoms with van der Waals surface area (Å²) in [5.74, 6) is 0.774. The van der Waals surface area contributed by atoms with Gasteiger partial charge in [-0.1, -0.05) is 24.6 Å². The van der Waals surface area contributed by atoms with Crippen LogP contribution in [0.25, 0.3) is 5.57 Å². The topological polar surface area (TPSA) is 39.4 Å². The van der Waals surface area contributed by atoms with Crippen molar-refractivity contribution in [3.63, 3.8) is 0 Å². The first kappa shape index (κ1) is 13.3. The van der Waals surface area contributed by atoms with Gasteiger partial charge in [-0.3, -0.25) is 4.79 Å². The second-order valence-corrected chi connectivity index (χ2v) is 3.86. The Kier molecular flexibility index (Phi) is 4.76. The second-order valence-electron chi connectivity index (χ2n) is 3.86. The molecule has 0 fully saturated rings. The number of methoxy groups -OCH3 is 1. The van der Waals surface area contributed by atoms with Gasteiger partial charge in [0.05, 0.1) is 13.2 Å². The van der Waals surface area contributed by atoms with Crippen LogP contribution in [0, 0.1) is 0 Å². The molecule has 0 amide bonds. The predicted octanol–water partition coefficient (Wildman–Crippen LogP) is 3.41. The fourth-order valence-corrected chi connectivity index (χ4v) is 1.54. The Morgan fingerprint density at radius 1 is 1.41 bits per heavy atom. The summed E-state index contributed by atoms with van der Waals surface area (Å²) < 4.78 is 10.4. The molecule has 0 aliphatic heterocycles. The molecular formula is C14H18O3. The van der Waals surface area contributed by atoms with Gasteiger partial charge in [-0.15, -0.1) is 0 Å². The Hall–Kier alpha value is -1.77. The summed E-state index contributed by atoms with van der Waals surface area (Å²) in [6.45, 7) is 6.01. The quantitative estimate of drug-likeness (QED) is 0.749. The maximum atomic E-state index is 11.4. The van der Waals surface area contributed by atoms with Gasteiger partial charge in [0.15, 0.2) is 5.43 Å². The van der Waals surface area contributed by atoms with Gasteiger partial charge in [-0.05, 0) is 25.8 Å². The third-order valence-electron chi connectivity index (χ3n) is 2.30. The molecule has 0 aliphatic carbocycles. The zero-order chi connectivity index (χ0) is 12.8. The van der Waals surface area contributed by atoms with Gasteiger partial charge in [-0.25, -0.2) is 0 Å². The van der Waals surface area contributed by atoms with Gasteiger partial charge in [0, 0.05) is 6.07 Å². The van der Waals surface area contributed by atoms with E-state index in [0.717, 1.165) is 17.6 Å². The van der Waals surface area contributed by atoms with Gasteiger partial charge in [-0.2, -0.15) is 0 Å². The highest BCUT2D eigenvalue weighted by Crippen LogP contribution is 2.19. The lowest BCUT2D eigenvalue weighted by Gasteiger charge is -2.03. The van der Waals surface area contributed by atoms with E-state index in [9.17, 15) is 4.79 Å². The van der Waals surface area contributed by atoms with Gasteiger partial charge < -0.3 is 9.15 Å². The van der Waals surface area contributed by atoms with E-state index in [1.165, 1.54) is 19.2 Å². The predicted molar refractivity (Wildman–Crippen MR) is 69.2 cm³/mol. The molecular weight excluding hydrogens is 216 g/mol. The minimum Gasteiger partial charge on any atom is -0.468 e. The van der Waals surface area contributed by atoms with Gasteiger partial charge in [0.25, 0.3) is 5.95 Å². The van der Waals surface area contributed by atoms with Crippen LogP contribution in [-0.4, -0.2) is 7.11 Å². The maximum Gasteiger partial charge on any atom is 0.288 e. The number of hydrogen-bond donors (Lipinski definition) is 0. The van der Waals surface area contributed by atoms with Crippen molar-refractivity contribution in [3.8, 4) is 5.95 Å². The van der Waals surface area contributed by atoms with Crippen LogP contribution in [0.4, 0.5) is 0 Å². The van der Waals surface area contributed by atoms with Crippen molar-refractivity contribution >= 4 is 5.57 Å². The summed E-state index contributed by atoms with van der Waals surface area (Å²) in [4.78, 5) is 11.4. The molecule has 0 saturated heterocycles. The van der Waals surface area contributed by atoms with E-state index in [4.69, 9.17) is 9.15 Å². The molecule has 0 radical (unpaired) electrons.